The van der Waals surface area contributed by atoms with Gasteiger partial charge in [-0.3, -0.25) is 9.48 Å². The Hall–Kier alpha value is -2.05. The molecule has 2 aliphatic rings. The second kappa shape index (κ2) is 4.72. The number of likely N-dealkylation sites (tertiary alicyclic amines) is 1. The highest BCUT2D eigenvalue weighted by Gasteiger charge is 2.45. The predicted octanol–water partition coefficient (Wildman–Crippen LogP) is 2.12. The number of carbonyl (C=O) groups excluding carboxylic acids is 1. The minimum atomic E-state index is -0.918. The Bertz CT molecular complexity index is 621. The maximum atomic E-state index is 12.4. The topological polar surface area (TPSA) is 84.7 Å². The summed E-state index contributed by atoms with van der Waals surface area (Å²) in [5.41, 5.74) is -0.413. The molecule has 0 aliphatic carbocycles. The van der Waals surface area contributed by atoms with E-state index >= 15 is 0 Å². The summed E-state index contributed by atoms with van der Waals surface area (Å²) in [5, 5.41) is 13.4. The maximum Gasteiger partial charge on any atom is 0.407 e. The van der Waals surface area contributed by atoms with E-state index in [-0.39, 0.29) is 17.7 Å². The fraction of sp³-hybridized carbons (Fsp3) is 0.667. The molecule has 1 aromatic rings. The number of carbonyl (C=O) groups is 2. The molecule has 1 saturated heterocycles. The van der Waals surface area contributed by atoms with Gasteiger partial charge >= 0.3 is 6.09 Å². The lowest BCUT2D eigenvalue weighted by Gasteiger charge is -2.42. The van der Waals surface area contributed by atoms with Crippen molar-refractivity contribution >= 4 is 11.9 Å². The zero-order valence-corrected chi connectivity index (χ0v) is 13.1. The van der Waals surface area contributed by atoms with Crippen molar-refractivity contribution in [3.63, 3.8) is 0 Å². The Morgan fingerprint density at radius 3 is 2.55 bits per heavy atom. The summed E-state index contributed by atoms with van der Waals surface area (Å²) >= 11 is 0. The summed E-state index contributed by atoms with van der Waals surface area (Å²) in [4.78, 5) is 24.8. The van der Waals surface area contributed by atoms with Gasteiger partial charge in [-0.05, 0) is 20.8 Å². The molecule has 3 heterocycles. The highest BCUT2D eigenvalue weighted by atomic mass is 16.5. The van der Waals surface area contributed by atoms with E-state index in [1.54, 1.807) is 10.9 Å². The number of piperidine rings is 1. The van der Waals surface area contributed by atoms with Crippen LogP contribution in [0.15, 0.2) is 6.20 Å². The zero-order valence-electron chi connectivity index (χ0n) is 13.1. The lowest BCUT2D eigenvalue weighted by molar-refractivity contribution is -0.00536. The second-order valence-corrected chi connectivity index (χ2v) is 7.11. The van der Waals surface area contributed by atoms with Gasteiger partial charge in [0.15, 0.2) is 17.2 Å². The van der Waals surface area contributed by atoms with Gasteiger partial charge in [0, 0.05) is 25.9 Å². The SMILES string of the molecule is CC(C)(C)n1cc2c(n1)C(=O)CC1(CCN(C(=O)O)CC1)O2. The number of amides is 1. The highest BCUT2D eigenvalue weighted by Crippen LogP contribution is 2.39. The second-order valence-electron chi connectivity index (χ2n) is 7.11. The Balaban J connectivity index is 1.84. The van der Waals surface area contributed by atoms with Gasteiger partial charge < -0.3 is 14.7 Å². The quantitative estimate of drug-likeness (QED) is 0.793. The van der Waals surface area contributed by atoms with Crippen molar-refractivity contribution in [2.75, 3.05) is 13.1 Å². The molecule has 120 valence electrons. The summed E-state index contributed by atoms with van der Waals surface area (Å²) in [6.45, 7) is 6.82. The Labute approximate surface area is 128 Å². The van der Waals surface area contributed by atoms with Crippen LogP contribution in [0.5, 0.6) is 5.75 Å². The largest absolute Gasteiger partial charge is 0.483 e. The molecular formula is C15H21N3O4. The van der Waals surface area contributed by atoms with Crippen LogP contribution in [-0.4, -0.2) is 50.4 Å². The van der Waals surface area contributed by atoms with Crippen LogP contribution in [0.4, 0.5) is 4.79 Å². The molecule has 1 spiro atoms. The molecule has 0 saturated carbocycles. The van der Waals surface area contributed by atoms with Crippen molar-refractivity contribution in [3.8, 4) is 5.75 Å². The number of carboxylic acid groups (broad SMARTS) is 1. The van der Waals surface area contributed by atoms with Crippen LogP contribution in [0.25, 0.3) is 0 Å². The standard InChI is InChI=1S/C15H21N3O4/c1-14(2,3)18-9-11-12(16-18)10(19)8-15(22-11)4-6-17(7-5-15)13(20)21/h9H,4-8H2,1-3H3,(H,20,21). The van der Waals surface area contributed by atoms with Crippen LogP contribution in [-0.2, 0) is 5.54 Å². The van der Waals surface area contributed by atoms with Gasteiger partial charge in [-0.15, -0.1) is 0 Å². The van der Waals surface area contributed by atoms with Gasteiger partial charge in [0.2, 0.25) is 0 Å². The van der Waals surface area contributed by atoms with Crippen molar-refractivity contribution in [2.24, 2.45) is 0 Å². The lowest BCUT2D eigenvalue weighted by Crippen LogP contribution is -2.52. The van der Waals surface area contributed by atoms with E-state index < -0.39 is 11.7 Å². The minimum absolute atomic E-state index is 0.0203. The average Bonchev–Trinajstić information content (AvgIpc) is 2.83. The summed E-state index contributed by atoms with van der Waals surface area (Å²) in [7, 11) is 0. The summed E-state index contributed by atoms with van der Waals surface area (Å²) in [6.07, 6.45) is 2.20. The van der Waals surface area contributed by atoms with Crippen LogP contribution in [0, 0.1) is 0 Å². The Morgan fingerprint density at radius 2 is 2.00 bits per heavy atom. The number of rotatable bonds is 0. The first-order valence-electron chi connectivity index (χ1n) is 7.50. The molecule has 0 atom stereocenters. The number of hydrogen-bond donors (Lipinski definition) is 1. The predicted molar refractivity (Wildman–Crippen MR) is 78.4 cm³/mol. The average molecular weight is 307 g/mol. The van der Waals surface area contributed by atoms with Crippen LogP contribution in [0.2, 0.25) is 0 Å². The first kappa shape index (κ1) is 14.9. The van der Waals surface area contributed by atoms with E-state index in [4.69, 9.17) is 9.84 Å². The van der Waals surface area contributed by atoms with Crippen molar-refractivity contribution in [1.82, 2.24) is 14.7 Å². The molecule has 0 radical (unpaired) electrons. The van der Waals surface area contributed by atoms with E-state index in [0.29, 0.717) is 37.4 Å². The minimum Gasteiger partial charge on any atom is -0.483 e. The number of ether oxygens (including phenoxy) is 1. The molecule has 2 aliphatic heterocycles. The third kappa shape index (κ3) is 2.44. The fourth-order valence-corrected chi connectivity index (χ4v) is 3.00. The first-order valence-corrected chi connectivity index (χ1v) is 7.50. The monoisotopic (exact) mass is 307 g/mol. The molecule has 7 heteroatoms. The fourth-order valence-electron chi connectivity index (χ4n) is 3.00. The molecule has 1 fully saturated rings. The number of ketones is 1. The molecule has 0 bridgehead atoms. The molecule has 7 nitrogen and oxygen atoms in total. The first-order chi connectivity index (χ1) is 10.2. The van der Waals surface area contributed by atoms with Crippen LogP contribution in [0.1, 0.15) is 50.5 Å². The highest BCUT2D eigenvalue weighted by molar-refractivity contribution is 5.98. The molecule has 0 aromatic carbocycles. The van der Waals surface area contributed by atoms with Crippen LogP contribution in [0.3, 0.4) is 0 Å². The molecule has 3 rings (SSSR count). The van der Waals surface area contributed by atoms with E-state index in [1.807, 2.05) is 20.8 Å². The molecular weight excluding hydrogens is 286 g/mol. The Kier molecular flexibility index (Phi) is 3.19. The van der Waals surface area contributed by atoms with E-state index in [0.717, 1.165) is 0 Å². The third-order valence-electron chi connectivity index (χ3n) is 4.39. The van der Waals surface area contributed by atoms with Crippen molar-refractivity contribution < 1.29 is 19.4 Å². The van der Waals surface area contributed by atoms with Crippen molar-refractivity contribution in [2.45, 2.75) is 51.2 Å². The maximum absolute atomic E-state index is 12.4. The lowest BCUT2D eigenvalue weighted by atomic mass is 9.84. The summed E-state index contributed by atoms with van der Waals surface area (Å²) < 4.78 is 7.86. The zero-order chi connectivity index (χ0) is 16.1. The third-order valence-corrected chi connectivity index (χ3v) is 4.39. The molecule has 1 N–H and O–H groups in total. The number of hydrogen-bond acceptors (Lipinski definition) is 4. The number of Topliss-reactive ketones (excluding diaryl/α,β-unsaturated/α-hetero) is 1. The van der Waals surface area contributed by atoms with Crippen molar-refractivity contribution in [3.05, 3.63) is 11.9 Å². The van der Waals surface area contributed by atoms with Gasteiger partial charge in [-0.25, -0.2) is 4.79 Å². The van der Waals surface area contributed by atoms with Gasteiger partial charge in [-0.1, -0.05) is 0 Å². The van der Waals surface area contributed by atoms with Gasteiger partial charge in [-0.2, -0.15) is 5.10 Å². The summed E-state index contributed by atoms with van der Waals surface area (Å²) in [6, 6.07) is 0. The van der Waals surface area contributed by atoms with E-state index in [1.165, 1.54) is 4.90 Å². The van der Waals surface area contributed by atoms with E-state index in [2.05, 4.69) is 5.10 Å². The Morgan fingerprint density at radius 1 is 1.36 bits per heavy atom. The van der Waals surface area contributed by atoms with Gasteiger partial charge in [0.25, 0.3) is 0 Å². The van der Waals surface area contributed by atoms with Crippen LogP contribution >= 0.6 is 0 Å². The normalized spacial score (nSPS) is 20.7. The molecule has 0 unspecified atom stereocenters. The smallest absolute Gasteiger partial charge is 0.407 e. The number of fused-ring (bicyclic) bond motifs is 1. The van der Waals surface area contributed by atoms with Gasteiger partial charge in [0.05, 0.1) is 18.2 Å². The van der Waals surface area contributed by atoms with Gasteiger partial charge in [0.1, 0.15) is 5.60 Å². The summed E-state index contributed by atoms with van der Waals surface area (Å²) in [5.74, 6) is 0.503. The van der Waals surface area contributed by atoms with E-state index in [9.17, 15) is 9.59 Å². The number of nitrogens with zero attached hydrogens (tertiary/aromatic N) is 3. The van der Waals surface area contributed by atoms with Crippen molar-refractivity contribution in [1.29, 1.82) is 0 Å². The van der Waals surface area contributed by atoms with Crippen LogP contribution < -0.4 is 4.74 Å². The number of aromatic nitrogens is 2. The molecule has 1 amide bonds. The molecule has 22 heavy (non-hydrogen) atoms. The molecule has 1 aromatic heterocycles.